The number of nitro benzene ring substituents is 1. The third-order valence-electron chi connectivity index (χ3n) is 4.21. The summed E-state index contributed by atoms with van der Waals surface area (Å²) in [6, 6.07) is 11.7. The van der Waals surface area contributed by atoms with Gasteiger partial charge in [-0.15, -0.1) is 0 Å². The number of nitrogens with one attached hydrogen (secondary N) is 1. The van der Waals surface area contributed by atoms with E-state index in [0.29, 0.717) is 11.4 Å². The van der Waals surface area contributed by atoms with E-state index in [-0.39, 0.29) is 11.4 Å². The smallest absolute Gasteiger partial charge is 0.295 e. The largest absolute Gasteiger partial charge is 0.872 e. The Balaban J connectivity index is 2.02. The molecule has 0 radical (unpaired) electrons. The molecule has 0 aliphatic carbocycles. The Kier molecular flexibility index (Phi) is 4.51. The number of para-hydroxylation sites is 1. The van der Waals surface area contributed by atoms with Crippen LogP contribution in [-0.4, -0.2) is 20.2 Å². The summed E-state index contributed by atoms with van der Waals surface area (Å²) < 4.78 is 2.94. The van der Waals surface area contributed by atoms with E-state index in [9.17, 15) is 24.8 Å². The van der Waals surface area contributed by atoms with Crippen LogP contribution < -0.4 is 16.0 Å². The third-order valence-corrected chi connectivity index (χ3v) is 4.21. The molecule has 0 fully saturated rings. The van der Waals surface area contributed by atoms with Crippen LogP contribution >= 0.6 is 0 Å². The average molecular weight is 367 g/mol. The number of benzene rings is 2. The van der Waals surface area contributed by atoms with E-state index in [1.54, 1.807) is 42.9 Å². The van der Waals surface area contributed by atoms with Crippen molar-refractivity contribution in [3.8, 4) is 11.4 Å². The van der Waals surface area contributed by atoms with Gasteiger partial charge in [-0.3, -0.25) is 24.4 Å². The van der Waals surface area contributed by atoms with Gasteiger partial charge in [-0.2, -0.15) is 0 Å². The molecule has 0 saturated heterocycles. The molecule has 0 saturated carbocycles. The van der Waals surface area contributed by atoms with E-state index in [2.05, 4.69) is 5.32 Å². The predicted octanol–water partition coefficient (Wildman–Crippen LogP) is 1.72. The summed E-state index contributed by atoms with van der Waals surface area (Å²) in [4.78, 5) is 35.4. The number of hydrogen-bond donors (Lipinski definition) is 1. The van der Waals surface area contributed by atoms with Crippen molar-refractivity contribution < 1.29 is 14.8 Å². The molecule has 0 aliphatic rings. The fourth-order valence-electron chi connectivity index (χ4n) is 2.70. The highest BCUT2D eigenvalue weighted by Crippen LogP contribution is 2.22. The predicted molar refractivity (Wildman–Crippen MR) is 96.2 cm³/mol. The average Bonchev–Trinajstić information content (AvgIpc) is 2.86. The summed E-state index contributed by atoms with van der Waals surface area (Å²) in [5.41, 5.74) is -0.197. The lowest BCUT2D eigenvalue weighted by molar-refractivity contribution is -0.385. The zero-order chi connectivity index (χ0) is 19.7. The SMILES string of the molecule is Cc1c(NC(=O)c2cc([N+](=O)[O-])ccc2[O-])c(=O)n(-c2ccccc2)n1C. The maximum absolute atomic E-state index is 12.8. The van der Waals surface area contributed by atoms with Crippen LogP contribution in [0.5, 0.6) is 5.75 Å². The van der Waals surface area contributed by atoms with Gasteiger partial charge in [0, 0.05) is 24.7 Å². The van der Waals surface area contributed by atoms with E-state index in [4.69, 9.17) is 0 Å². The van der Waals surface area contributed by atoms with Crippen molar-refractivity contribution in [2.24, 2.45) is 7.05 Å². The molecule has 27 heavy (non-hydrogen) atoms. The normalized spacial score (nSPS) is 10.6. The molecule has 9 heteroatoms. The van der Waals surface area contributed by atoms with Crippen LogP contribution in [0.15, 0.2) is 53.3 Å². The first-order valence-electron chi connectivity index (χ1n) is 7.92. The number of nitrogens with zero attached hydrogens (tertiary/aromatic N) is 3. The van der Waals surface area contributed by atoms with Crippen LogP contribution in [0.3, 0.4) is 0 Å². The van der Waals surface area contributed by atoms with Gasteiger partial charge in [0.05, 0.1) is 16.3 Å². The summed E-state index contributed by atoms with van der Waals surface area (Å²) in [6.07, 6.45) is 0. The van der Waals surface area contributed by atoms with Crippen molar-refractivity contribution in [1.82, 2.24) is 9.36 Å². The molecule has 138 valence electrons. The van der Waals surface area contributed by atoms with Crippen molar-refractivity contribution in [2.75, 3.05) is 5.32 Å². The standard InChI is InChI=1S/C18H16N4O5/c1-11-16(18(25)21(20(11)2)12-6-4-3-5-7-12)19-17(24)14-10-13(22(26)27)8-9-15(14)23/h3-10,23H,1-2H3,(H,19,24)/p-1. The van der Waals surface area contributed by atoms with Gasteiger partial charge in [-0.1, -0.05) is 30.0 Å². The second-order valence-electron chi connectivity index (χ2n) is 5.83. The van der Waals surface area contributed by atoms with Gasteiger partial charge in [0.2, 0.25) is 0 Å². The van der Waals surface area contributed by atoms with E-state index in [1.807, 2.05) is 6.07 Å². The molecule has 0 atom stereocenters. The number of anilines is 1. The fourth-order valence-corrected chi connectivity index (χ4v) is 2.70. The minimum absolute atomic E-state index is 0.00254. The lowest BCUT2D eigenvalue weighted by Crippen LogP contribution is -2.23. The minimum atomic E-state index is -0.880. The summed E-state index contributed by atoms with van der Waals surface area (Å²) in [7, 11) is 1.66. The molecule has 0 spiro atoms. The Hall–Kier alpha value is -3.88. The minimum Gasteiger partial charge on any atom is -0.872 e. The van der Waals surface area contributed by atoms with Crippen LogP contribution in [0.2, 0.25) is 0 Å². The van der Waals surface area contributed by atoms with Crippen LogP contribution in [-0.2, 0) is 7.05 Å². The third kappa shape index (κ3) is 3.17. The maximum Gasteiger partial charge on any atom is 0.295 e. The zero-order valence-electron chi connectivity index (χ0n) is 14.5. The quantitative estimate of drug-likeness (QED) is 0.556. The molecule has 0 unspecified atom stereocenters. The molecular formula is C18H15N4O5-. The number of non-ortho nitro benzene ring substituents is 1. The highest BCUT2D eigenvalue weighted by Gasteiger charge is 2.20. The van der Waals surface area contributed by atoms with Crippen LogP contribution in [0, 0.1) is 17.0 Å². The Bertz CT molecular complexity index is 1100. The number of aromatic nitrogens is 2. The van der Waals surface area contributed by atoms with Gasteiger partial charge in [-0.25, -0.2) is 4.68 Å². The molecule has 1 aromatic heterocycles. The van der Waals surface area contributed by atoms with E-state index in [0.717, 1.165) is 18.2 Å². The summed E-state index contributed by atoms with van der Waals surface area (Å²) in [6.45, 7) is 1.64. The van der Waals surface area contributed by atoms with E-state index in [1.165, 1.54) is 4.68 Å². The van der Waals surface area contributed by atoms with Gasteiger partial charge in [0.25, 0.3) is 17.2 Å². The first-order chi connectivity index (χ1) is 12.8. The molecular weight excluding hydrogens is 352 g/mol. The van der Waals surface area contributed by atoms with Crippen molar-refractivity contribution in [3.63, 3.8) is 0 Å². The number of hydrogen-bond acceptors (Lipinski definition) is 5. The molecule has 1 amide bonds. The molecule has 1 heterocycles. The summed E-state index contributed by atoms with van der Waals surface area (Å²) >= 11 is 0. The Morgan fingerprint density at radius 3 is 2.44 bits per heavy atom. The summed E-state index contributed by atoms with van der Waals surface area (Å²) in [5.74, 6) is -1.55. The molecule has 1 N–H and O–H groups in total. The Morgan fingerprint density at radius 2 is 1.81 bits per heavy atom. The lowest BCUT2D eigenvalue weighted by atomic mass is 10.1. The van der Waals surface area contributed by atoms with Crippen LogP contribution in [0.4, 0.5) is 11.4 Å². The second-order valence-corrected chi connectivity index (χ2v) is 5.83. The topological polar surface area (TPSA) is 122 Å². The van der Waals surface area contributed by atoms with Crippen molar-refractivity contribution in [3.05, 3.63) is 80.3 Å². The highest BCUT2D eigenvalue weighted by atomic mass is 16.6. The maximum atomic E-state index is 12.8. The monoisotopic (exact) mass is 367 g/mol. The first kappa shape index (κ1) is 17.9. The zero-order valence-corrected chi connectivity index (χ0v) is 14.5. The Labute approximate surface area is 153 Å². The van der Waals surface area contributed by atoms with Crippen molar-refractivity contribution in [1.29, 1.82) is 0 Å². The molecule has 3 rings (SSSR count). The van der Waals surface area contributed by atoms with Crippen molar-refractivity contribution >= 4 is 17.3 Å². The van der Waals surface area contributed by atoms with Crippen LogP contribution in [0.25, 0.3) is 5.69 Å². The van der Waals surface area contributed by atoms with Gasteiger partial charge in [0.1, 0.15) is 5.69 Å². The van der Waals surface area contributed by atoms with Gasteiger partial charge in [-0.05, 0) is 19.1 Å². The molecule has 0 bridgehead atoms. The van der Waals surface area contributed by atoms with Gasteiger partial charge in [0.15, 0.2) is 0 Å². The Morgan fingerprint density at radius 1 is 1.15 bits per heavy atom. The number of carbonyl (C=O) groups excluding carboxylic acids is 1. The van der Waals surface area contributed by atoms with Gasteiger partial charge < -0.3 is 10.4 Å². The first-order valence-corrected chi connectivity index (χ1v) is 7.92. The van der Waals surface area contributed by atoms with Gasteiger partial charge >= 0.3 is 0 Å². The van der Waals surface area contributed by atoms with E-state index < -0.39 is 27.7 Å². The molecule has 0 aliphatic heterocycles. The number of rotatable bonds is 4. The lowest BCUT2D eigenvalue weighted by Gasteiger charge is -2.12. The molecule has 2 aromatic carbocycles. The van der Waals surface area contributed by atoms with E-state index >= 15 is 0 Å². The van der Waals surface area contributed by atoms with Crippen molar-refractivity contribution in [2.45, 2.75) is 6.92 Å². The number of carbonyl (C=O) groups is 1. The summed E-state index contributed by atoms with van der Waals surface area (Å²) in [5, 5.41) is 25.2. The number of nitro groups is 1. The molecule has 3 aromatic rings. The fraction of sp³-hybridized carbons (Fsp3) is 0.111. The number of amides is 1. The molecule has 9 nitrogen and oxygen atoms in total. The van der Waals surface area contributed by atoms with Crippen LogP contribution in [0.1, 0.15) is 16.1 Å². The second kappa shape index (κ2) is 6.79. The highest BCUT2D eigenvalue weighted by molar-refractivity contribution is 6.06.